The van der Waals surface area contributed by atoms with Crippen molar-refractivity contribution >= 4 is 0 Å². The molecule has 0 aliphatic rings. The van der Waals surface area contributed by atoms with Gasteiger partial charge in [0.1, 0.15) is 0 Å². The van der Waals surface area contributed by atoms with Gasteiger partial charge in [0.15, 0.2) is 0 Å². The summed E-state index contributed by atoms with van der Waals surface area (Å²) >= 11 is 0. The van der Waals surface area contributed by atoms with Crippen molar-refractivity contribution in [3.63, 3.8) is 0 Å². The number of hydrogen-bond acceptors (Lipinski definition) is 5. The van der Waals surface area contributed by atoms with E-state index in [0.29, 0.717) is 6.42 Å². The van der Waals surface area contributed by atoms with Gasteiger partial charge in [0, 0.05) is 0 Å². The summed E-state index contributed by atoms with van der Waals surface area (Å²) in [4.78, 5) is 9.78. The molecule has 0 aliphatic heterocycles. The molecule has 0 aromatic heterocycles. The van der Waals surface area contributed by atoms with Gasteiger partial charge in [-0.3, -0.25) is 4.74 Å². The minimum atomic E-state index is -5.40. The van der Waals surface area contributed by atoms with E-state index in [-0.39, 0.29) is 6.42 Å². The molecule has 5 nitrogen and oxygen atoms in total. The second-order valence-electron chi connectivity index (χ2n) is 4.88. The Morgan fingerprint density at radius 3 is 1.83 bits per heavy atom. The van der Waals surface area contributed by atoms with Crippen LogP contribution in [0.3, 0.4) is 0 Å². The van der Waals surface area contributed by atoms with Gasteiger partial charge in [0.2, 0.25) is 6.86 Å². The van der Waals surface area contributed by atoms with Crippen LogP contribution in [0.25, 0.3) is 0 Å². The molecule has 0 amide bonds. The highest BCUT2D eigenvalue weighted by atomic mass is 19.4. The molecule has 0 spiro atoms. The SMILES string of the molecule is CCCCCCCCCCOC(F)(F)ON(OCF)OC(F)(F)F. The van der Waals surface area contributed by atoms with Crippen LogP contribution in [0.4, 0.5) is 26.3 Å². The Hall–Kier alpha value is -0.620. The molecule has 0 heterocycles. The summed E-state index contributed by atoms with van der Waals surface area (Å²) in [5, 5.41) is -1.17. The third-order valence-electron chi connectivity index (χ3n) is 2.78. The summed E-state index contributed by atoms with van der Waals surface area (Å²) in [6.07, 6.45) is -2.65. The van der Waals surface area contributed by atoms with Crippen LogP contribution in [-0.4, -0.2) is 31.5 Å². The normalized spacial score (nSPS) is 13.0. The van der Waals surface area contributed by atoms with Gasteiger partial charge in [-0.2, -0.15) is 4.84 Å². The Morgan fingerprint density at radius 2 is 1.33 bits per heavy atom. The highest BCUT2D eigenvalue weighted by Crippen LogP contribution is 2.25. The zero-order valence-corrected chi connectivity index (χ0v) is 13.4. The summed E-state index contributed by atoms with van der Waals surface area (Å²) in [5.74, 6) is 0. The van der Waals surface area contributed by atoms with Crippen LogP contribution in [0.2, 0.25) is 0 Å². The summed E-state index contributed by atoms with van der Waals surface area (Å²) in [6, 6.07) is 0. The first kappa shape index (κ1) is 23.4. The predicted octanol–water partition coefficient (Wildman–Crippen LogP) is 5.24. The van der Waals surface area contributed by atoms with Crippen LogP contribution in [0.1, 0.15) is 58.3 Å². The largest absolute Gasteiger partial charge is 0.542 e. The van der Waals surface area contributed by atoms with Crippen molar-refractivity contribution in [1.29, 1.82) is 0 Å². The molecule has 0 radical (unpaired) electrons. The molecule has 0 aromatic rings. The standard InChI is InChI=1S/C13H23F6NO4/c1-2-3-4-5-6-7-8-9-10-21-13(18,19)24-20(22-11-14)23-12(15,16)17/h2-11H2,1H3. The average molecular weight is 371 g/mol. The Morgan fingerprint density at radius 1 is 0.792 bits per heavy atom. The van der Waals surface area contributed by atoms with Gasteiger partial charge in [-0.15, -0.1) is 26.8 Å². The van der Waals surface area contributed by atoms with E-state index in [1.54, 1.807) is 0 Å². The number of rotatable bonds is 15. The Bertz CT molecular complexity index is 307. The molecule has 0 aliphatic carbocycles. The van der Waals surface area contributed by atoms with Crippen molar-refractivity contribution in [2.24, 2.45) is 0 Å². The molecule has 0 rings (SSSR count). The summed E-state index contributed by atoms with van der Waals surface area (Å²) < 4.78 is 77.8. The molecule has 0 aromatic carbocycles. The van der Waals surface area contributed by atoms with Crippen LogP contribution in [0, 0.1) is 0 Å². The molecule has 0 N–H and O–H groups in total. The maximum Gasteiger partial charge on any atom is 0.542 e. The van der Waals surface area contributed by atoms with Gasteiger partial charge in [0.05, 0.1) is 12.0 Å². The van der Waals surface area contributed by atoms with Crippen LogP contribution >= 0.6 is 0 Å². The van der Waals surface area contributed by atoms with E-state index in [1.807, 2.05) is 0 Å². The monoisotopic (exact) mass is 371 g/mol. The van der Waals surface area contributed by atoms with E-state index < -0.39 is 31.5 Å². The van der Waals surface area contributed by atoms with E-state index in [0.717, 1.165) is 38.5 Å². The third kappa shape index (κ3) is 14.9. The lowest BCUT2D eigenvalue weighted by Gasteiger charge is -2.23. The number of unbranched alkanes of at least 4 members (excludes halogenated alkanes) is 7. The zero-order chi connectivity index (χ0) is 18.5. The molecular formula is C13H23F6NO4. The van der Waals surface area contributed by atoms with Crippen molar-refractivity contribution in [3.05, 3.63) is 0 Å². The maximum atomic E-state index is 13.2. The van der Waals surface area contributed by atoms with Gasteiger partial charge < -0.3 is 0 Å². The summed E-state index contributed by atoms with van der Waals surface area (Å²) in [5.41, 5.74) is 0. The number of alkyl halides is 6. The minimum Gasteiger partial charge on any atom is -0.294 e. The smallest absolute Gasteiger partial charge is 0.294 e. The lowest BCUT2D eigenvalue weighted by molar-refractivity contribution is -0.656. The number of nitrogens with zero attached hydrogens (tertiary/aromatic N) is 1. The predicted molar refractivity (Wildman–Crippen MR) is 70.6 cm³/mol. The fourth-order valence-electron chi connectivity index (χ4n) is 1.74. The van der Waals surface area contributed by atoms with Crippen LogP contribution in [-0.2, 0) is 19.2 Å². The highest BCUT2D eigenvalue weighted by Gasteiger charge is 2.42. The quantitative estimate of drug-likeness (QED) is 0.170. The molecule has 0 bridgehead atoms. The Kier molecular flexibility index (Phi) is 12.4. The molecule has 146 valence electrons. The minimum absolute atomic E-state index is 0.275. The van der Waals surface area contributed by atoms with Crippen molar-refractivity contribution in [2.45, 2.75) is 70.9 Å². The van der Waals surface area contributed by atoms with Crippen molar-refractivity contribution in [3.8, 4) is 0 Å². The summed E-state index contributed by atoms with van der Waals surface area (Å²) in [6.45, 7) is -0.222. The van der Waals surface area contributed by atoms with E-state index >= 15 is 0 Å². The molecule has 0 saturated carbocycles. The van der Waals surface area contributed by atoms with Crippen molar-refractivity contribution in [2.75, 3.05) is 13.5 Å². The average Bonchev–Trinajstić information content (AvgIpc) is 2.43. The van der Waals surface area contributed by atoms with Crippen LogP contribution < -0.4 is 0 Å². The number of hydrogen-bond donors (Lipinski definition) is 0. The van der Waals surface area contributed by atoms with Crippen LogP contribution in [0.5, 0.6) is 0 Å². The first-order chi connectivity index (χ1) is 11.2. The van der Waals surface area contributed by atoms with E-state index in [2.05, 4.69) is 26.2 Å². The fraction of sp³-hybridized carbons (Fsp3) is 1.00. The molecule has 0 unspecified atom stereocenters. The van der Waals surface area contributed by atoms with Crippen LogP contribution in [0.15, 0.2) is 0 Å². The second kappa shape index (κ2) is 12.7. The first-order valence-corrected chi connectivity index (χ1v) is 7.66. The van der Waals surface area contributed by atoms with E-state index in [4.69, 9.17) is 0 Å². The molecule has 0 atom stereocenters. The molecule has 11 heteroatoms. The van der Waals surface area contributed by atoms with Gasteiger partial charge in [-0.05, 0) is 6.42 Å². The van der Waals surface area contributed by atoms with Gasteiger partial charge in [0.25, 0.3) is 0 Å². The van der Waals surface area contributed by atoms with Gasteiger partial charge in [-0.25, -0.2) is 9.23 Å². The first-order valence-electron chi connectivity index (χ1n) is 7.66. The second-order valence-corrected chi connectivity index (χ2v) is 4.88. The Balaban J connectivity index is 3.89. The fourth-order valence-corrected chi connectivity index (χ4v) is 1.74. The third-order valence-corrected chi connectivity index (χ3v) is 2.78. The number of ether oxygens (including phenoxy) is 1. The van der Waals surface area contributed by atoms with Gasteiger partial charge in [-0.1, -0.05) is 51.9 Å². The van der Waals surface area contributed by atoms with Gasteiger partial charge >= 0.3 is 12.7 Å². The van der Waals surface area contributed by atoms with Crippen molar-refractivity contribution < 1.29 is 45.6 Å². The lowest BCUT2D eigenvalue weighted by Crippen LogP contribution is -2.39. The lowest BCUT2D eigenvalue weighted by atomic mass is 10.1. The maximum absolute atomic E-state index is 13.2. The molecular weight excluding hydrogens is 348 g/mol. The van der Waals surface area contributed by atoms with Crippen molar-refractivity contribution in [1.82, 2.24) is 5.39 Å². The van der Waals surface area contributed by atoms with E-state index in [9.17, 15) is 26.3 Å². The van der Waals surface area contributed by atoms with E-state index in [1.165, 1.54) is 0 Å². The highest BCUT2D eigenvalue weighted by molar-refractivity contribution is 4.46. The molecule has 0 fully saturated rings. The molecule has 0 saturated heterocycles. The number of halogens is 6. The Labute approximate surface area is 136 Å². The topological polar surface area (TPSA) is 40.2 Å². The zero-order valence-electron chi connectivity index (χ0n) is 13.4. The molecule has 24 heavy (non-hydrogen) atoms. The summed E-state index contributed by atoms with van der Waals surface area (Å²) in [7, 11) is 0.